The summed E-state index contributed by atoms with van der Waals surface area (Å²) in [4.78, 5) is 25.2. The van der Waals surface area contributed by atoms with E-state index in [1.807, 2.05) is 25.1 Å². The minimum absolute atomic E-state index is 0.270. The lowest BCUT2D eigenvalue weighted by atomic mass is 9.98. The highest BCUT2D eigenvalue weighted by Gasteiger charge is 2.27. The van der Waals surface area contributed by atoms with Gasteiger partial charge in [0.15, 0.2) is 6.10 Å². The number of methoxy groups -OCH3 is 1. The number of rotatable bonds is 6. The molecular weight excluding hydrogens is 294 g/mol. The smallest absolute Gasteiger partial charge is 0.328 e. The maximum Gasteiger partial charge on any atom is 0.328 e. The number of carbonyl (C=O) groups excluding carboxylic acids is 2. The first kappa shape index (κ1) is 19.0. The van der Waals surface area contributed by atoms with Crippen LogP contribution in [0.2, 0.25) is 0 Å². The Kier molecular flexibility index (Phi) is 6.61. The normalized spacial score (nSPS) is 13.4. The molecule has 0 aromatic heterocycles. The summed E-state index contributed by atoms with van der Waals surface area (Å²) in [7, 11) is 2.87. The van der Waals surface area contributed by atoms with Crippen LogP contribution in [0.1, 0.15) is 44.7 Å². The number of nitrogens with zero attached hydrogens (tertiary/aromatic N) is 1. The molecule has 0 aliphatic rings. The van der Waals surface area contributed by atoms with Crippen LogP contribution in [-0.2, 0) is 14.3 Å². The zero-order valence-electron chi connectivity index (χ0n) is 15.0. The van der Waals surface area contributed by atoms with E-state index >= 15 is 0 Å². The number of amides is 1. The fourth-order valence-electron chi connectivity index (χ4n) is 2.43. The van der Waals surface area contributed by atoms with Crippen molar-refractivity contribution >= 4 is 11.9 Å². The third-order valence-electron chi connectivity index (χ3n) is 3.99. The summed E-state index contributed by atoms with van der Waals surface area (Å²) in [5, 5.41) is 0. The van der Waals surface area contributed by atoms with E-state index < -0.39 is 18.1 Å². The van der Waals surface area contributed by atoms with Crippen LogP contribution in [0.3, 0.4) is 0 Å². The molecule has 5 nitrogen and oxygen atoms in total. The SMILES string of the molecule is COC(=O)[C@@H](C)N(C)C(=O)[C@H](C)Oc1ccc(C(C)C)c(C)c1. The summed E-state index contributed by atoms with van der Waals surface area (Å²) in [6.45, 7) is 9.60. The Hall–Kier alpha value is -2.04. The molecule has 0 bridgehead atoms. The second kappa shape index (κ2) is 7.99. The highest BCUT2D eigenvalue weighted by Crippen LogP contribution is 2.24. The monoisotopic (exact) mass is 321 g/mol. The van der Waals surface area contributed by atoms with Gasteiger partial charge >= 0.3 is 5.97 Å². The Morgan fingerprint density at radius 1 is 1.13 bits per heavy atom. The van der Waals surface area contributed by atoms with Crippen LogP contribution in [0.5, 0.6) is 5.75 Å². The molecule has 23 heavy (non-hydrogen) atoms. The van der Waals surface area contributed by atoms with Crippen molar-refractivity contribution in [1.29, 1.82) is 0 Å². The fraction of sp³-hybridized carbons (Fsp3) is 0.556. The van der Waals surface area contributed by atoms with Crippen molar-refractivity contribution in [3.8, 4) is 5.75 Å². The van der Waals surface area contributed by atoms with E-state index in [4.69, 9.17) is 4.74 Å². The lowest BCUT2D eigenvalue weighted by Crippen LogP contribution is -2.46. The van der Waals surface area contributed by atoms with Crippen molar-refractivity contribution in [1.82, 2.24) is 4.90 Å². The minimum Gasteiger partial charge on any atom is -0.481 e. The lowest BCUT2D eigenvalue weighted by molar-refractivity contribution is -0.153. The molecule has 0 aliphatic heterocycles. The summed E-state index contributed by atoms with van der Waals surface area (Å²) in [6, 6.07) is 5.18. The Balaban J connectivity index is 2.79. The van der Waals surface area contributed by atoms with Crippen LogP contribution >= 0.6 is 0 Å². The van der Waals surface area contributed by atoms with Crippen molar-refractivity contribution in [3.05, 3.63) is 29.3 Å². The molecule has 0 spiro atoms. The number of benzene rings is 1. The third-order valence-corrected chi connectivity index (χ3v) is 3.99. The number of likely N-dealkylation sites (N-methyl/N-ethyl adjacent to an activating group) is 1. The standard InChI is InChI=1S/C18H27NO4/c1-11(2)16-9-8-15(10-12(16)3)23-14(5)17(20)19(6)13(4)18(21)22-7/h8-11,13-14H,1-7H3/t13-,14+/m1/s1. The van der Waals surface area contributed by atoms with Gasteiger partial charge in [-0.15, -0.1) is 0 Å². The molecule has 1 rings (SSSR count). The molecule has 0 fully saturated rings. The van der Waals surface area contributed by atoms with Crippen molar-refractivity contribution in [2.75, 3.05) is 14.2 Å². The van der Waals surface area contributed by atoms with Gasteiger partial charge in [-0.1, -0.05) is 19.9 Å². The molecule has 0 saturated carbocycles. The largest absolute Gasteiger partial charge is 0.481 e. The van der Waals surface area contributed by atoms with Gasteiger partial charge in [0.1, 0.15) is 11.8 Å². The van der Waals surface area contributed by atoms with E-state index in [0.717, 1.165) is 5.56 Å². The van der Waals surface area contributed by atoms with Crippen molar-refractivity contribution in [2.45, 2.75) is 52.7 Å². The molecule has 0 N–H and O–H groups in total. The molecule has 5 heteroatoms. The highest BCUT2D eigenvalue weighted by molar-refractivity contribution is 5.86. The molecule has 1 amide bonds. The van der Waals surface area contributed by atoms with Gasteiger partial charge in [-0.05, 0) is 49.9 Å². The molecule has 1 aromatic rings. The Labute approximate surface area is 138 Å². The van der Waals surface area contributed by atoms with Gasteiger partial charge in [0.25, 0.3) is 5.91 Å². The first-order chi connectivity index (χ1) is 10.7. The quantitative estimate of drug-likeness (QED) is 0.756. The van der Waals surface area contributed by atoms with Gasteiger partial charge in [0.05, 0.1) is 7.11 Å². The van der Waals surface area contributed by atoms with Crippen LogP contribution in [0.25, 0.3) is 0 Å². The van der Waals surface area contributed by atoms with Crippen molar-refractivity contribution in [2.24, 2.45) is 0 Å². The van der Waals surface area contributed by atoms with E-state index in [2.05, 4.69) is 18.6 Å². The van der Waals surface area contributed by atoms with E-state index in [1.54, 1.807) is 20.9 Å². The predicted molar refractivity (Wildman–Crippen MR) is 89.6 cm³/mol. The molecule has 0 aliphatic carbocycles. The summed E-state index contributed by atoms with van der Waals surface area (Å²) < 4.78 is 10.4. The maximum absolute atomic E-state index is 12.4. The Bertz CT molecular complexity index is 568. The van der Waals surface area contributed by atoms with Gasteiger partial charge in [0.2, 0.25) is 0 Å². The van der Waals surface area contributed by atoms with Crippen molar-refractivity contribution < 1.29 is 19.1 Å². The van der Waals surface area contributed by atoms with Gasteiger partial charge in [0, 0.05) is 7.05 Å². The number of hydrogen-bond donors (Lipinski definition) is 0. The number of aryl methyl sites for hydroxylation is 1. The van der Waals surface area contributed by atoms with Crippen LogP contribution < -0.4 is 4.74 Å². The lowest BCUT2D eigenvalue weighted by Gasteiger charge is -2.26. The van der Waals surface area contributed by atoms with Crippen molar-refractivity contribution in [3.63, 3.8) is 0 Å². The number of hydrogen-bond acceptors (Lipinski definition) is 4. The average Bonchev–Trinajstić information content (AvgIpc) is 2.51. The molecular formula is C18H27NO4. The zero-order chi connectivity index (χ0) is 17.7. The van der Waals surface area contributed by atoms with Gasteiger partial charge < -0.3 is 14.4 Å². The molecule has 0 unspecified atom stereocenters. The van der Waals surface area contributed by atoms with Crippen LogP contribution in [0.4, 0.5) is 0 Å². The van der Waals surface area contributed by atoms with E-state index in [9.17, 15) is 9.59 Å². The molecule has 0 heterocycles. The van der Waals surface area contributed by atoms with E-state index in [1.165, 1.54) is 17.6 Å². The molecule has 0 saturated heterocycles. The number of ether oxygens (including phenoxy) is 2. The van der Waals surface area contributed by atoms with E-state index in [-0.39, 0.29) is 5.91 Å². The van der Waals surface area contributed by atoms with Crippen LogP contribution in [-0.4, -0.2) is 43.1 Å². The summed E-state index contributed by atoms with van der Waals surface area (Å²) >= 11 is 0. The van der Waals surface area contributed by atoms with E-state index in [0.29, 0.717) is 11.7 Å². The van der Waals surface area contributed by atoms with Crippen LogP contribution in [0, 0.1) is 6.92 Å². The molecule has 0 radical (unpaired) electrons. The number of carbonyl (C=O) groups is 2. The minimum atomic E-state index is -0.684. The van der Waals surface area contributed by atoms with Gasteiger partial charge in [-0.25, -0.2) is 4.79 Å². The Morgan fingerprint density at radius 3 is 2.22 bits per heavy atom. The first-order valence-corrected chi connectivity index (χ1v) is 7.80. The maximum atomic E-state index is 12.4. The summed E-state index contributed by atoms with van der Waals surface area (Å²) in [5.74, 6) is 0.362. The predicted octanol–water partition coefficient (Wildman–Crippen LogP) is 2.91. The second-order valence-electron chi connectivity index (χ2n) is 6.08. The molecule has 1 aromatic carbocycles. The molecule has 128 valence electrons. The van der Waals surface area contributed by atoms with Gasteiger partial charge in [-0.2, -0.15) is 0 Å². The highest BCUT2D eigenvalue weighted by atomic mass is 16.5. The second-order valence-corrected chi connectivity index (χ2v) is 6.08. The third kappa shape index (κ3) is 4.71. The number of esters is 1. The summed E-state index contributed by atoms with van der Waals surface area (Å²) in [5.41, 5.74) is 2.39. The zero-order valence-corrected chi connectivity index (χ0v) is 15.0. The fourth-order valence-corrected chi connectivity index (χ4v) is 2.43. The summed E-state index contributed by atoms with van der Waals surface area (Å²) in [6.07, 6.45) is -0.684. The molecule has 2 atom stereocenters. The topological polar surface area (TPSA) is 55.8 Å². The Morgan fingerprint density at radius 2 is 1.74 bits per heavy atom. The average molecular weight is 321 g/mol. The van der Waals surface area contributed by atoms with Gasteiger partial charge in [-0.3, -0.25) is 4.79 Å². The first-order valence-electron chi connectivity index (χ1n) is 7.80. The van der Waals surface area contributed by atoms with Crippen LogP contribution in [0.15, 0.2) is 18.2 Å².